The number of rotatable bonds is 7. The zero-order valence-corrected chi connectivity index (χ0v) is 16.7. The molecular formula is C22H18F3N5O2. The number of benzene rings is 2. The minimum atomic E-state index is -4.41. The molecule has 32 heavy (non-hydrogen) atoms. The highest BCUT2D eigenvalue weighted by molar-refractivity contribution is 5.86. The van der Waals surface area contributed by atoms with Gasteiger partial charge in [-0.05, 0) is 29.7 Å². The highest BCUT2D eigenvalue weighted by Crippen LogP contribution is 2.29. The highest BCUT2D eigenvalue weighted by atomic mass is 19.4. The Morgan fingerprint density at radius 2 is 1.72 bits per heavy atom. The Morgan fingerprint density at radius 3 is 2.38 bits per heavy atom. The van der Waals surface area contributed by atoms with Crippen molar-refractivity contribution < 1.29 is 23.1 Å². The first kappa shape index (κ1) is 21.3. The lowest BCUT2D eigenvalue weighted by Crippen LogP contribution is -2.12. The number of anilines is 1. The summed E-state index contributed by atoms with van der Waals surface area (Å²) in [5, 5.41) is 12.4. The second-order valence-corrected chi connectivity index (χ2v) is 7.09. The van der Waals surface area contributed by atoms with E-state index in [0.717, 1.165) is 24.1 Å². The van der Waals surface area contributed by atoms with Gasteiger partial charge in [-0.25, -0.2) is 14.8 Å². The van der Waals surface area contributed by atoms with Crippen LogP contribution in [0.5, 0.6) is 0 Å². The zero-order valence-electron chi connectivity index (χ0n) is 16.7. The molecule has 0 radical (unpaired) electrons. The van der Waals surface area contributed by atoms with Crippen molar-refractivity contribution in [1.82, 2.24) is 19.5 Å². The summed E-state index contributed by atoms with van der Waals surface area (Å²) in [7, 11) is 0. The summed E-state index contributed by atoms with van der Waals surface area (Å²) in [4.78, 5) is 23.4. The first-order valence-corrected chi connectivity index (χ1v) is 9.72. The maximum absolute atomic E-state index is 12.9. The molecule has 0 atom stereocenters. The monoisotopic (exact) mass is 441 g/mol. The Bertz CT molecular complexity index is 1240. The number of hydrogen-bond acceptors (Lipinski definition) is 5. The summed E-state index contributed by atoms with van der Waals surface area (Å²) < 4.78 is 40.3. The molecule has 4 rings (SSSR count). The van der Waals surface area contributed by atoms with E-state index in [1.54, 1.807) is 4.57 Å². The number of alkyl halides is 3. The van der Waals surface area contributed by atoms with E-state index in [4.69, 9.17) is 5.11 Å². The van der Waals surface area contributed by atoms with Crippen LogP contribution in [0.3, 0.4) is 0 Å². The van der Waals surface area contributed by atoms with Crippen LogP contribution < -0.4 is 5.32 Å². The first-order chi connectivity index (χ1) is 15.3. The summed E-state index contributed by atoms with van der Waals surface area (Å²) in [6, 6.07) is 14.7. The number of nitrogens with one attached hydrogen (secondary N) is 1. The van der Waals surface area contributed by atoms with Crippen LogP contribution in [0.4, 0.5) is 19.1 Å². The fourth-order valence-electron chi connectivity index (χ4n) is 3.26. The van der Waals surface area contributed by atoms with E-state index < -0.39 is 17.7 Å². The van der Waals surface area contributed by atoms with E-state index in [-0.39, 0.29) is 18.0 Å². The number of halogens is 3. The van der Waals surface area contributed by atoms with Crippen molar-refractivity contribution in [3.63, 3.8) is 0 Å². The van der Waals surface area contributed by atoms with Crippen molar-refractivity contribution in [2.75, 3.05) is 11.9 Å². The van der Waals surface area contributed by atoms with Gasteiger partial charge in [-0.1, -0.05) is 42.5 Å². The van der Waals surface area contributed by atoms with Crippen LogP contribution in [0.1, 0.15) is 27.3 Å². The zero-order chi connectivity index (χ0) is 22.7. The molecule has 2 heterocycles. The minimum Gasteiger partial charge on any atom is -0.475 e. The molecule has 2 aromatic heterocycles. The van der Waals surface area contributed by atoms with E-state index in [2.05, 4.69) is 20.3 Å². The largest absolute Gasteiger partial charge is 0.475 e. The van der Waals surface area contributed by atoms with Crippen LogP contribution >= 0.6 is 0 Å². The van der Waals surface area contributed by atoms with Crippen molar-refractivity contribution in [3.05, 3.63) is 83.3 Å². The average molecular weight is 441 g/mol. The fourth-order valence-corrected chi connectivity index (χ4v) is 3.26. The fraction of sp³-hybridized carbons (Fsp3) is 0.182. The quantitative estimate of drug-likeness (QED) is 0.446. The van der Waals surface area contributed by atoms with Gasteiger partial charge >= 0.3 is 12.1 Å². The summed E-state index contributed by atoms with van der Waals surface area (Å²) in [5.74, 6) is -1.23. The van der Waals surface area contributed by atoms with Gasteiger partial charge in [-0.2, -0.15) is 18.2 Å². The van der Waals surface area contributed by atoms with Crippen molar-refractivity contribution in [2.24, 2.45) is 0 Å². The van der Waals surface area contributed by atoms with Gasteiger partial charge in [0.1, 0.15) is 5.52 Å². The maximum atomic E-state index is 12.9. The third kappa shape index (κ3) is 4.69. The maximum Gasteiger partial charge on any atom is 0.416 e. The molecular weight excluding hydrogens is 423 g/mol. The van der Waals surface area contributed by atoms with Gasteiger partial charge in [-0.15, -0.1) is 0 Å². The number of fused-ring (bicyclic) bond motifs is 1. The molecule has 2 aromatic carbocycles. The molecule has 164 valence electrons. The van der Waals surface area contributed by atoms with E-state index in [1.165, 1.54) is 18.3 Å². The number of hydrogen-bond donors (Lipinski definition) is 2. The Kier molecular flexibility index (Phi) is 5.76. The van der Waals surface area contributed by atoms with Crippen molar-refractivity contribution in [3.8, 4) is 0 Å². The van der Waals surface area contributed by atoms with Crippen LogP contribution in [-0.4, -0.2) is 37.1 Å². The molecule has 0 saturated heterocycles. The summed E-state index contributed by atoms with van der Waals surface area (Å²) in [6.45, 7) is 0.748. The predicted molar refractivity (Wildman–Crippen MR) is 111 cm³/mol. The van der Waals surface area contributed by atoms with Gasteiger partial charge in [0.05, 0.1) is 18.3 Å². The van der Waals surface area contributed by atoms with E-state index in [9.17, 15) is 18.0 Å². The lowest BCUT2D eigenvalue weighted by Gasteiger charge is -2.12. The number of nitrogens with zero attached hydrogens (tertiary/aromatic N) is 4. The lowest BCUT2D eigenvalue weighted by atomic mass is 10.1. The topological polar surface area (TPSA) is 92.9 Å². The standard InChI is InChI=1S/C22H18F3N5O2/c23-22(24,25)16-8-6-15(7-9-16)13-30-17-12-27-19(20(31)32)28-18(17)29-21(30)26-11-10-14-4-2-1-3-5-14/h1-9,12H,10-11,13H2,(H,31,32)(H,26,27,28,29). The Balaban J connectivity index is 1.63. The van der Waals surface area contributed by atoms with Gasteiger partial charge < -0.3 is 15.0 Å². The van der Waals surface area contributed by atoms with Crippen LogP contribution in [0.2, 0.25) is 0 Å². The molecule has 0 aliphatic rings. The molecule has 2 N–H and O–H groups in total. The van der Waals surface area contributed by atoms with Crippen LogP contribution in [0, 0.1) is 0 Å². The van der Waals surface area contributed by atoms with E-state index in [0.29, 0.717) is 23.6 Å². The molecule has 0 aliphatic carbocycles. The first-order valence-electron chi connectivity index (χ1n) is 9.72. The van der Waals surface area contributed by atoms with Crippen molar-refractivity contribution in [2.45, 2.75) is 19.1 Å². The number of aromatic nitrogens is 4. The molecule has 0 saturated carbocycles. The minimum absolute atomic E-state index is 0.187. The lowest BCUT2D eigenvalue weighted by molar-refractivity contribution is -0.137. The van der Waals surface area contributed by atoms with Crippen LogP contribution in [-0.2, 0) is 19.1 Å². The summed E-state index contributed by atoms with van der Waals surface area (Å²) in [5.41, 5.74) is 1.67. The molecule has 0 bridgehead atoms. The van der Waals surface area contributed by atoms with Gasteiger partial charge in [0, 0.05) is 6.54 Å². The average Bonchev–Trinajstić information content (AvgIpc) is 3.10. The molecule has 0 aliphatic heterocycles. The Labute approximate surface area is 180 Å². The number of aromatic carboxylic acids is 1. The third-order valence-electron chi connectivity index (χ3n) is 4.86. The summed E-state index contributed by atoms with van der Waals surface area (Å²) >= 11 is 0. The molecule has 4 aromatic rings. The highest BCUT2D eigenvalue weighted by Gasteiger charge is 2.30. The van der Waals surface area contributed by atoms with Crippen molar-refractivity contribution in [1.29, 1.82) is 0 Å². The Morgan fingerprint density at radius 1 is 1.00 bits per heavy atom. The number of carbonyl (C=O) groups is 1. The SMILES string of the molecule is O=C(O)c1ncc2c(n1)nc(NCCc1ccccc1)n2Cc1ccc(C(F)(F)F)cc1. The third-order valence-corrected chi connectivity index (χ3v) is 4.86. The normalized spacial score (nSPS) is 11.6. The van der Waals surface area contributed by atoms with E-state index in [1.807, 2.05) is 30.3 Å². The van der Waals surface area contributed by atoms with E-state index >= 15 is 0 Å². The molecule has 7 nitrogen and oxygen atoms in total. The predicted octanol–water partition coefficient (Wildman–Crippen LogP) is 4.25. The number of imidazole rings is 1. The molecule has 0 unspecified atom stereocenters. The Hall–Kier alpha value is -3.95. The summed E-state index contributed by atoms with van der Waals surface area (Å²) in [6.07, 6.45) is -2.34. The second kappa shape index (κ2) is 8.66. The van der Waals surface area contributed by atoms with Gasteiger partial charge in [0.15, 0.2) is 5.65 Å². The van der Waals surface area contributed by atoms with Gasteiger partial charge in [-0.3, -0.25) is 0 Å². The number of carboxylic acid groups (broad SMARTS) is 1. The molecule has 10 heteroatoms. The van der Waals surface area contributed by atoms with Gasteiger partial charge in [0.2, 0.25) is 11.8 Å². The molecule has 0 spiro atoms. The van der Waals surface area contributed by atoms with Crippen LogP contribution in [0.25, 0.3) is 11.2 Å². The van der Waals surface area contributed by atoms with Crippen molar-refractivity contribution >= 4 is 23.1 Å². The molecule has 0 fully saturated rings. The van der Waals surface area contributed by atoms with Crippen LogP contribution in [0.15, 0.2) is 60.8 Å². The number of carboxylic acids is 1. The smallest absolute Gasteiger partial charge is 0.416 e. The second-order valence-electron chi connectivity index (χ2n) is 7.09. The molecule has 0 amide bonds. The van der Waals surface area contributed by atoms with Gasteiger partial charge in [0.25, 0.3) is 0 Å².